The van der Waals surface area contributed by atoms with Crippen molar-refractivity contribution in [3.8, 4) is 66.8 Å². The molecule has 85 heavy (non-hydrogen) atoms. The molecule has 14 aromatic rings. The minimum absolute atomic E-state index is 0.526. The number of hydrogen-bond acceptors (Lipinski definition) is 2. The van der Waals surface area contributed by atoms with Gasteiger partial charge in [0, 0.05) is 34.0 Å². The van der Waals surface area contributed by atoms with Crippen molar-refractivity contribution < 1.29 is 0 Å². The first-order valence-corrected chi connectivity index (χ1v) is 29.3. The molecule has 0 saturated heterocycles. The summed E-state index contributed by atoms with van der Waals surface area (Å²) in [6.07, 6.45) is 0. The number of benzene rings is 14. The van der Waals surface area contributed by atoms with Gasteiger partial charge in [-0.2, -0.15) is 0 Å². The third-order valence-electron chi connectivity index (χ3n) is 17.1. The lowest BCUT2D eigenvalue weighted by atomic mass is 9.67. The van der Waals surface area contributed by atoms with Gasteiger partial charge in [-0.05, 0) is 173 Å². The lowest BCUT2D eigenvalue weighted by Crippen LogP contribution is -2.28. The zero-order valence-corrected chi connectivity index (χ0v) is 46.9. The van der Waals surface area contributed by atoms with Crippen LogP contribution in [0.3, 0.4) is 0 Å². The first-order chi connectivity index (χ1) is 42.2. The van der Waals surface area contributed by atoms with E-state index in [1.54, 1.807) is 0 Å². The Morgan fingerprint density at radius 3 is 1.12 bits per heavy atom. The van der Waals surface area contributed by atoms with Gasteiger partial charge >= 0.3 is 0 Å². The highest BCUT2D eigenvalue weighted by Crippen LogP contribution is 2.57. The van der Waals surface area contributed by atoms with Gasteiger partial charge in [-0.1, -0.05) is 273 Å². The van der Waals surface area contributed by atoms with Gasteiger partial charge in [0.2, 0.25) is 0 Å². The van der Waals surface area contributed by atoms with Crippen LogP contribution in [-0.2, 0) is 5.41 Å². The van der Waals surface area contributed by atoms with E-state index < -0.39 is 5.41 Å². The van der Waals surface area contributed by atoms with Crippen LogP contribution in [0.25, 0.3) is 77.5 Å². The van der Waals surface area contributed by atoms with E-state index in [9.17, 15) is 0 Å². The number of fused-ring (bicyclic) bond motifs is 4. The summed E-state index contributed by atoms with van der Waals surface area (Å²) in [4.78, 5) is 4.82. The van der Waals surface area contributed by atoms with Gasteiger partial charge in [-0.3, -0.25) is 0 Å². The molecule has 0 spiro atoms. The van der Waals surface area contributed by atoms with Crippen molar-refractivity contribution in [1.29, 1.82) is 0 Å². The SMILES string of the molecule is c1ccc(-c2cc(-c3ccc(N(c4ccccc4)c4ccc5ccccc5c4-c4ccccc4)cc3)c(-c3ccccc3)cc2-c2ccc(N(c3ccccc3)c3ccc4c(c3)C(c3ccccc3)(c3ccccc3)c3ccccc3-4)cc2)cc1. The summed E-state index contributed by atoms with van der Waals surface area (Å²) in [5.41, 5.74) is 25.2. The van der Waals surface area contributed by atoms with Gasteiger partial charge < -0.3 is 9.80 Å². The van der Waals surface area contributed by atoms with Crippen LogP contribution < -0.4 is 9.80 Å². The second-order valence-corrected chi connectivity index (χ2v) is 21.9. The van der Waals surface area contributed by atoms with Gasteiger partial charge in [0.25, 0.3) is 0 Å². The van der Waals surface area contributed by atoms with Crippen LogP contribution >= 0.6 is 0 Å². The molecule has 2 heteroatoms. The van der Waals surface area contributed by atoms with E-state index in [1.807, 2.05) is 0 Å². The highest BCUT2D eigenvalue weighted by atomic mass is 15.1. The highest BCUT2D eigenvalue weighted by molar-refractivity contribution is 6.06. The van der Waals surface area contributed by atoms with Crippen molar-refractivity contribution >= 4 is 44.9 Å². The first kappa shape index (κ1) is 50.9. The first-order valence-electron chi connectivity index (χ1n) is 29.3. The Morgan fingerprint density at radius 2 is 0.588 bits per heavy atom. The van der Waals surface area contributed by atoms with Crippen molar-refractivity contribution in [2.24, 2.45) is 0 Å². The minimum Gasteiger partial charge on any atom is -0.310 e. The Hall–Kier alpha value is -11.1. The molecule has 1 aliphatic carbocycles. The fourth-order valence-electron chi connectivity index (χ4n) is 13.3. The number of anilines is 6. The Bertz CT molecular complexity index is 4610. The van der Waals surface area contributed by atoms with E-state index in [0.717, 1.165) is 73.1 Å². The third-order valence-corrected chi connectivity index (χ3v) is 17.1. The Morgan fingerprint density at radius 1 is 0.212 bits per heavy atom. The summed E-state index contributed by atoms with van der Waals surface area (Å²) in [5.74, 6) is 0. The van der Waals surface area contributed by atoms with Gasteiger partial charge in [0.05, 0.1) is 11.1 Å². The topological polar surface area (TPSA) is 6.48 Å². The molecule has 2 nitrogen and oxygen atoms in total. The molecule has 400 valence electrons. The summed E-state index contributed by atoms with van der Waals surface area (Å²) >= 11 is 0. The zero-order valence-electron chi connectivity index (χ0n) is 46.9. The molecule has 0 aromatic heterocycles. The molecule has 14 aromatic carbocycles. The van der Waals surface area contributed by atoms with Crippen molar-refractivity contribution in [2.75, 3.05) is 9.80 Å². The highest BCUT2D eigenvalue weighted by Gasteiger charge is 2.46. The van der Waals surface area contributed by atoms with Gasteiger partial charge in [-0.15, -0.1) is 0 Å². The normalized spacial score (nSPS) is 12.1. The molecule has 15 rings (SSSR count). The Labute approximate surface area is 498 Å². The summed E-state index contributed by atoms with van der Waals surface area (Å²) in [6.45, 7) is 0. The molecule has 0 amide bonds. The molecular formula is C83H58N2. The monoisotopic (exact) mass is 1080 g/mol. The average molecular weight is 1080 g/mol. The zero-order chi connectivity index (χ0) is 56.5. The summed E-state index contributed by atoms with van der Waals surface area (Å²) < 4.78 is 0. The summed E-state index contributed by atoms with van der Waals surface area (Å²) in [6, 6.07) is 129. The van der Waals surface area contributed by atoms with Crippen LogP contribution in [0.4, 0.5) is 34.1 Å². The Balaban J connectivity index is 0.861. The third kappa shape index (κ3) is 9.09. The number of hydrogen-bond donors (Lipinski definition) is 0. The molecule has 0 atom stereocenters. The fraction of sp³-hybridized carbons (Fsp3) is 0.0120. The van der Waals surface area contributed by atoms with E-state index >= 15 is 0 Å². The molecule has 0 fully saturated rings. The fourth-order valence-corrected chi connectivity index (χ4v) is 13.3. The van der Waals surface area contributed by atoms with Crippen LogP contribution in [0.5, 0.6) is 0 Å². The molecule has 0 radical (unpaired) electrons. The predicted molar refractivity (Wildman–Crippen MR) is 358 cm³/mol. The van der Waals surface area contributed by atoms with Crippen LogP contribution in [0.2, 0.25) is 0 Å². The van der Waals surface area contributed by atoms with Gasteiger partial charge in [-0.25, -0.2) is 0 Å². The van der Waals surface area contributed by atoms with Crippen LogP contribution in [0.15, 0.2) is 352 Å². The quantitative estimate of drug-likeness (QED) is 0.114. The summed E-state index contributed by atoms with van der Waals surface area (Å²) in [5, 5.41) is 2.42. The van der Waals surface area contributed by atoms with Crippen molar-refractivity contribution in [3.63, 3.8) is 0 Å². The largest absolute Gasteiger partial charge is 0.310 e. The molecule has 0 heterocycles. The predicted octanol–water partition coefficient (Wildman–Crippen LogP) is 22.5. The average Bonchev–Trinajstić information content (AvgIpc) is 1.63. The van der Waals surface area contributed by atoms with Gasteiger partial charge in [0.1, 0.15) is 0 Å². The standard InChI is InChI=1S/C83H58N2/c1-8-26-59(27-9-1)75-58-78(63-46-51-70(52-47-63)85(68-39-20-7-21-40-68)81-55-48-61-30-22-23-41-72(61)82(81)64-31-12-3-13-32-64)76(60-28-10-2-11-29-60)57-77(75)62-44-49-69(50-45-62)84(67-37-18-6-19-38-67)71-53-54-74-73-42-24-25-43-79(73)83(80(74)56-71,65-33-14-4-15-34-65)66-35-16-5-17-36-66/h1-58H. The smallest absolute Gasteiger partial charge is 0.0714 e. The van der Waals surface area contributed by atoms with Crippen molar-refractivity contribution in [2.45, 2.75) is 5.41 Å². The van der Waals surface area contributed by atoms with Crippen LogP contribution in [0, 0.1) is 0 Å². The van der Waals surface area contributed by atoms with E-state index in [2.05, 4.69) is 362 Å². The molecule has 0 unspecified atom stereocenters. The number of para-hydroxylation sites is 2. The maximum Gasteiger partial charge on any atom is 0.0714 e. The van der Waals surface area contributed by atoms with Crippen LogP contribution in [-0.4, -0.2) is 0 Å². The molecule has 0 saturated carbocycles. The maximum absolute atomic E-state index is 2.45. The van der Waals surface area contributed by atoms with Gasteiger partial charge in [0.15, 0.2) is 0 Å². The molecule has 0 aliphatic heterocycles. The van der Waals surface area contributed by atoms with Crippen molar-refractivity contribution in [3.05, 3.63) is 374 Å². The van der Waals surface area contributed by atoms with E-state index in [1.165, 1.54) is 60.8 Å². The second kappa shape index (κ2) is 22.0. The molecular weight excluding hydrogens is 1020 g/mol. The second-order valence-electron chi connectivity index (χ2n) is 21.9. The van der Waals surface area contributed by atoms with Crippen LogP contribution in [0.1, 0.15) is 22.3 Å². The lowest BCUT2D eigenvalue weighted by molar-refractivity contribution is 0.768. The molecule has 1 aliphatic rings. The number of nitrogens with zero attached hydrogens (tertiary/aromatic N) is 2. The van der Waals surface area contributed by atoms with Crippen molar-refractivity contribution in [1.82, 2.24) is 0 Å². The minimum atomic E-state index is -0.526. The van der Waals surface area contributed by atoms with E-state index in [-0.39, 0.29) is 0 Å². The molecule has 0 N–H and O–H groups in total. The molecule has 0 bridgehead atoms. The van der Waals surface area contributed by atoms with E-state index in [4.69, 9.17) is 0 Å². The van der Waals surface area contributed by atoms with E-state index in [0.29, 0.717) is 0 Å². The number of rotatable bonds is 13. The lowest BCUT2D eigenvalue weighted by Gasteiger charge is -2.35. The maximum atomic E-state index is 2.45. The summed E-state index contributed by atoms with van der Waals surface area (Å²) in [7, 11) is 0. The Kier molecular flexibility index (Phi) is 13.2.